The zero-order valence-corrected chi connectivity index (χ0v) is 12.5. The Morgan fingerprint density at radius 2 is 1.81 bits per heavy atom. The minimum atomic E-state index is -4.19. The topological polar surface area (TPSA) is 38.5 Å². The van der Waals surface area contributed by atoms with E-state index in [9.17, 15) is 13.2 Å². The molecule has 0 atom stereocenters. The first-order valence-electron chi connectivity index (χ1n) is 7.04. The van der Waals surface area contributed by atoms with Gasteiger partial charge in [0.05, 0.1) is 6.54 Å². The van der Waals surface area contributed by atoms with Gasteiger partial charge in [-0.05, 0) is 44.5 Å². The lowest BCUT2D eigenvalue weighted by Crippen LogP contribution is -2.41. The summed E-state index contributed by atoms with van der Waals surface area (Å²) in [6.07, 6.45) is -3.39. The van der Waals surface area contributed by atoms with Crippen molar-refractivity contribution >= 4 is 0 Å². The molecule has 0 fully saturated rings. The van der Waals surface area contributed by atoms with Crippen LogP contribution in [0.5, 0.6) is 5.75 Å². The summed E-state index contributed by atoms with van der Waals surface area (Å²) in [5, 5.41) is 0. The second-order valence-corrected chi connectivity index (χ2v) is 5.21. The molecule has 0 spiro atoms. The quantitative estimate of drug-likeness (QED) is 0.802. The van der Waals surface area contributed by atoms with Gasteiger partial charge >= 0.3 is 6.18 Å². The first kappa shape index (κ1) is 17.8. The molecule has 0 aliphatic heterocycles. The fraction of sp³-hybridized carbons (Fsp3) is 0.600. The van der Waals surface area contributed by atoms with Crippen molar-refractivity contribution in [2.45, 2.75) is 32.5 Å². The number of nitrogens with zero attached hydrogens (tertiary/aromatic N) is 1. The zero-order chi connectivity index (χ0) is 15.9. The maximum Gasteiger partial charge on any atom is 0.401 e. The van der Waals surface area contributed by atoms with E-state index in [4.69, 9.17) is 10.5 Å². The highest BCUT2D eigenvalue weighted by Gasteiger charge is 2.31. The van der Waals surface area contributed by atoms with Crippen LogP contribution in [0, 0.1) is 0 Å². The summed E-state index contributed by atoms with van der Waals surface area (Å²) >= 11 is 0. The van der Waals surface area contributed by atoms with Crippen molar-refractivity contribution in [3.8, 4) is 5.75 Å². The molecule has 3 nitrogen and oxygen atoms in total. The first-order chi connectivity index (χ1) is 9.81. The third-order valence-electron chi connectivity index (χ3n) is 3.12. The van der Waals surface area contributed by atoms with E-state index in [1.54, 1.807) is 13.8 Å². The van der Waals surface area contributed by atoms with Gasteiger partial charge in [0, 0.05) is 12.6 Å². The molecule has 0 unspecified atom stereocenters. The maximum absolute atomic E-state index is 12.4. The molecule has 0 amide bonds. The Morgan fingerprint density at radius 1 is 1.19 bits per heavy atom. The molecule has 0 aromatic heterocycles. The fourth-order valence-corrected chi connectivity index (χ4v) is 1.95. The second-order valence-electron chi connectivity index (χ2n) is 5.21. The number of nitrogens with two attached hydrogens (primary N) is 1. The van der Waals surface area contributed by atoms with Crippen molar-refractivity contribution in [3.63, 3.8) is 0 Å². The summed E-state index contributed by atoms with van der Waals surface area (Å²) < 4.78 is 42.8. The molecule has 0 aliphatic carbocycles. The molecule has 0 saturated heterocycles. The monoisotopic (exact) mass is 304 g/mol. The molecule has 1 aromatic rings. The summed E-state index contributed by atoms with van der Waals surface area (Å²) in [7, 11) is 0. The smallest absolute Gasteiger partial charge is 0.401 e. The second kappa shape index (κ2) is 8.24. The molecule has 0 heterocycles. The number of halogens is 3. The number of rotatable bonds is 8. The van der Waals surface area contributed by atoms with Gasteiger partial charge in [0.15, 0.2) is 0 Å². The van der Waals surface area contributed by atoms with E-state index in [1.165, 1.54) is 4.90 Å². The van der Waals surface area contributed by atoms with Crippen LogP contribution in [0.4, 0.5) is 13.2 Å². The minimum absolute atomic E-state index is 0.179. The van der Waals surface area contributed by atoms with Crippen molar-refractivity contribution in [1.82, 2.24) is 4.90 Å². The fourth-order valence-electron chi connectivity index (χ4n) is 1.95. The Bertz CT molecular complexity index is 404. The van der Waals surface area contributed by atoms with Crippen molar-refractivity contribution in [3.05, 3.63) is 29.8 Å². The number of ether oxygens (including phenoxy) is 1. The van der Waals surface area contributed by atoms with E-state index in [2.05, 4.69) is 0 Å². The molecular weight excluding hydrogens is 281 g/mol. The van der Waals surface area contributed by atoms with E-state index in [0.29, 0.717) is 12.3 Å². The zero-order valence-electron chi connectivity index (χ0n) is 12.5. The predicted molar refractivity (Wildman–Crippen MR) is 77.5 cm³/mol. The molecule has 6 heteroatoms. The molecular formula is C15H23F3N2O. The van der Waals surface area contributed by atoms with Crippen LogP contribution in [-0.4, -0.2) is 43.4 Å². The normalized spacial score (nSPS) is 12.2. The van der Waals surface area contributed by atoms with Crippen LogP contribution in [0.1, 0.15) is 19.4 Å². The molecule has 0 radical (unpaired) electrons. The average Bonchev–Trinajstić information content (AvgIpc) is 2.38. The first-order valence-corrected chi connectivity index (χ1v) is 7.04. The molecule has 0 bridgehead atoms. The highest BCUT2D eigenvalue weighted by molar-refractivity contribution is 5.27. The molecule has 0 saturated carbocycles. The number of hydrogen-bond donors (Lipinski definition) is 1. The van der Waals surface area contributed by atoms with Crippen LogP contribution < -0.4 is 10.5 Å². The summed E-state index contributed by atoms with van der Waals surface area (Å²) in [6.45, 7) is 3.62. The summed E-state index contributed by atoms with van der Waals surface area (Å²) in [5.41, 5.74) is 6.58. The Kier molecular flexibility index (Phi) is 6.98. The lowest BCUT2D eigenvalue weighted by molar-refractivity contribution is -0.150. The molecule has 21 heavy (non-hydrogen) atoms. The Balaban J connectivity index is 2.43. The molecule has 0 aliphatic rings. The van der Waals surface area contributed by atoms with Gasteiger partial charge in [0.1, 0.15) is 12.4 Å². The van der Waals surface area contributed by atoms with Crippen molar-refractivity contribution < 1.29 is 17.9 Å². The predicted octanol–water partition coefficient (Wildman–Crippen LogP) is 2.84. The largest absolute Gasteiger partial charge is 0.492 e. The highest BCUT2D eigenvalue weighted by atomic mass is 19.4. The van der Waals surface area contributed by atoms with Crippen molar-refractivity contribution in [2.75, 3.05) is 26.2 Å². The van der Waals surface area contributed by atoms with E-state index in [0.717, 1.165) is 12.0 Å². The van der Waals surface area contributed by atoms with E-state index in [-0.39, 0.29) is 19.2 Å². The third-order valence-corrected chi connectivity index (χ3v) is 3.12. The Hall–Kier alpha value is -1.27. The number of benzene rings is 1. The lowest BCUT2D eigenvalue weighted by atomic mass is 10.1. The van der Waals surface area contributed by atoms with E-state index < -0.39 is 12.7 Å². The van der Waals surface area contributed by atoms with Crippen molar-refractivity contribution in [2.24, 2.45) is 5.73 Å². The van der Waals surface area contributed by atoms with E-state index >= 15 is 0 Å². The molecule has 2 N–H and O–H groups in total. The highest BCUT2D eigenvalue weighted by Crippen LogP contribution is 2.18. The standard InChI is InChI=1S/C15H23F3N2O/c1-12(2)20(11-15(16,17)18)9-10-21-14-5-3-13(4-6-14)7-8-19/h3-6,12H,7-11,19H2,1-2H3. The van der Waals surface area contributed by atoms with Gasteiger partial charge in [0.2, 0.25) is 0 Å². The minimum Gasteiger partial charge on any atom is -0.492 e. The van der Waals surface area contributed by atoms with Crippen LogP contribution in [0.15, 0.2) is 24.3 Å². The number of alkyl halides is 3. The molecule has 120 valence electrons. The van der Waals surface area contributed by atoms with Crippen LogP contribution >= 0.6 is 0 Å². The lowest BCUT2D eigenvalue weighted by Gasteiger charge is -2.27. The van der Waals surface area contributed by atoms with Gasteiger partial charge in [-0.25, -0.2) is 0 Å². The Morgan fingerprint density at radius 3 is 2.29 bits per heavy atom. The van der Waals surface area contributed by atoms with Crippen LogP contribution in [0.2, 0.25) is 0 Å². The summed E-state index contributed by atoms with van der Waals surface area (Å²) in [4.78, 5) is 1.35. The molecule has 1 aromatic carbocycles. The van der Waals surface area contributed by atoms with Crippen LogP contribution in [0.3, 0.4) is 0 Å². The van der Waals surface area contributed by atoms with Gasteiger partial charge in [-0.2, -0.15) is 13.2 Å². The van der Waals surface area contributed by atoms with Gasteiger partial charge < -0.3 is 10.5 Å². The number of hydrogen-bond acceptors (Lipinski definition) is 3. The maximum atomic E-state index is 12.4. The van der Waals surface area contributed by atoms with Gasteiger partial charge in [-0.15, -0.1) is 0 Å². The van der Waals surface area contributed by atoms with Gasteiger partial charge in [0.25, 0.3) is 0 Å². The van der Waals surface area contributed by atoms with E-state index in [1.807, 2.05) is 24.3 Å². The summed E-state index contributed by atoms with van der Waals surface area (Å²) in [6, 6.07) is 7.28. The molecule has 1 rings (SSSR count). The summed E-state index contributed by atoms with van der Waals surface area (Å²) in [5.74, 6) is 0.659. The SMILES string of the molecule is CC(C)N(CCOc1ccc(CCN)cc1)CC(F)(F)F. The van der Waals surface area contributed by atoms with Crippen molar-refractivity contribution in [1.29, 1.82) is 0 Å². The van der Waals surface area contributed by atoms with Crippen LogP contribution in [0.25, 0.3) is 0 Å². The van der Waals surface area contributed by atoms with Gasteiger partial charge in [-0.3, -0.25) is 4.90 Å². The Labute approximate surface area is 123 Å². The average molecular weight is 304 g/mol. The van der Waals surface area contributed by atoms with Gasteiger partial charge in [-0.1, -0.05) is 12.1 Å². The third kappa shape index (κ3) is 7.34. The van der Waals surface area contributed by atoms with Crippen LogP contribution in [-0.2, 0) is 6.42 Å².